The molecule has 0 amide bonds. The van der Waals surface area contributed by atoms with Crippen LogP contribution >= 0.6 is 11.8 Å². The first-order valence-electron chi connectivity index (χ1n) is 5.64. The van der Waals surface area contributed by atoms with Gasteiger partial charge in [-0.15, -0.1) is 0 Å². The molecule has 0 aliphatic rings. The molecule has 1 aromatic carbocycles. The molecule has 2 rings (SSSR count). The molecule has 6 heteroatoms. The van der Waals surface area contributed by atoms with E-state index in [-0.39, 0.29) is 11.6 Å². The second-order valence-corrected chi connectivity index (χ2v) is 5.08. The molecule has 0 bridgehead atoms. The van der Waals surface area contributed by atoms with Crippen molar-refractivity contribution in [3.8, 4) is 5.69 Å². The topological polar surface area (TPSA) is 55.1 Å². The third-order valence-electron chi connectivity index (χ3n) is 2.63. The molecule has 1 N–H and O–H groups in total. The molecule has 0 aliphatic carbocycles. The first-order valence-corrected chi connectivity index (χ1v) is 6.63. The van der Waals surface area contributed by atoms with Crippen molar-refractivity contribution in [1.29, 1.82) is 0 Å². The van der Waals surface area contributed by atoms with Gasteiger partial charge in [0.1, 0.15) is 5.82 Å². The van der Waals surface area contributed by atoms with Crippen LogP contribution in [0.1, 0.15) is 11.3 Å². The molecule has 0 fully saturated rings. The number of carboxylic acid groups (broad SMARTS) is 1. The molecular formula is C13H13FN2O2S. The van der Waals surface area contributed by atoms with Crippen LogP contribution in [0, 0.1) is 19.7 Å². The van der Waals surface area contributed by atoms with Gasteiger partial charge in [0, 0.05) is 17.6 Å². The van der Waals surface area contributed by atoms with E-state index in [1.54, 1.807) is 25.3 Å². The number of thioether (sulfide) groups is 1. The minimum atomic E-state index is -0.896. The lowest BCUT2D eigenvalue weighted by Gasteiger charge is -2.10. The number of hydrogen-bond donors (Lipinski definition) is 1. The van der Waals surface area contributed by atoms with Gasteiger partial charge in [-0.25, -0.2) is 9.37 Å². The van der Waals surface area contributed by atoms with E-state index in [0.29, 0.717) is 10.7 Å². The minimum absolute atomic E-state index is 0.0589. The summed E-state index contributed by atoms with van der Waals surface area (Å²) in [5.41, 5.74) is 2.19. The van der Waals surface area contributed by atoms with Crippen molar-refractivity contribution in [3.63, 3.8) is 0 Å². The van der Waals surface area contributed by atoms with E-state index in [1.807, 2.05) is 11.5 Å². The molecular weight excluding hydrogens is 267 g/mol. The summed E-state index contributed by atoms with van der Waals surface area (Å²) in [5, 5.41) is 9.30. The fraction of sp³-hybridized carbons (Fsp3) is 0.231. The number of benzene rings is 1. The van der Waals surface area contributed by atoms with Gasteiger partial charge in [-0.05, 0) is 37.6 Å². The number of carbonyl (C=O) groups is 1. The number of hydrogen-bond acceptors (Lipinski definition) is 3. The lowest BCUT2D eigenvalue weighted by Crippen LogP contribution is -2.03. The molecule has 2 aromatic rings. The summed E-state index contributed by atoms with van der Waals surface area (Å²) in [6, 6.07) is 4.77. The Morgan fingerprint density at radius 2 is 2.21 bits per heavy atom. The molecule has 19 heavy (non-hydrogen) atoms. The molecule has 0 saturated heterocycles. The highest BCUT2D eigenvalue weighted by Gasteiger charge is 2.12. The average Bonchev–Trinajstić information content (AvgIpc) is 2.71. The third kappa shape index (κ3) is 2.96. The summed E-state index contributed by atoms with van der Waals surface area (Å²) in [5.74, 6) is -1.22. The Balaban J connectivity index is 2.40. The molecule has 1 heterocycles. The molecule has 0 saturated carbocycles. The van der Waals surface area contributed by atoms with Gasteiger partial charge in [0.05, 0.1) is 5.75 Å². The molecule has 0 radical (unpaired) electrons. The average molecular weight is 280 g/mol. The quantitative estimate of drug-likeness (QED) is 0.875. The summed E-state index contributed by atoms with van der Waals surface area (Å²) < 4.78 is 15.1. The normalized spacial score (nSPS) is 10.7. The summed E-state index contributed by atoms with van der Waals surface area (Å²) in [4.78, 5) is 14.8. The van der Waals surface area contributed by atoms with E-state index in [4.69, 9.17) is 5.11 Å². The Bertz CT molecular complexity index is 625. The summed E-state index contributed by atoms with van der Waals surface area (Å²) in [7, 11) is 0. The monoisotopic (exact) mass is 280 g/mol. The van der Waals surface area contributed by atoms with Crippen LogP contribution in [0.15, 0.2) is 29.6 Å². The van der Waals surface area contributed by atoms with Gasteiger partial charge in [0.2, 0.25) is 0 Å². The number of imidazole rings is 1. The van der Waals surface area contributed by atoms with Crippen molar-refractivity contribution >= 4 is 17.7 Å². The lowest BCUT2D eigenvalue weighted by atomic mass is 10.2. The number of halogens is 1. The van der Waals surface area contributed by atoms with Gasteiger partial charge >= 0.3 is 5.97 Å². The number of aliphatic carboxylic acids is 1. The van der Waals surface area contributed by atoms with E-state index in [0.717, 1.165) is 23.1 Å². The van der Waals surface area contributed by atoms with Crippen molar-refractivity contribution in [2.45, 2.75) is 19.0 Å². The smallest absolute Gasteiger partial charge is 0.313 e. The predicted molar refractivity (Wildman–Crippen MR) is 71.4 cm³/mol. The van der Waals surface area contributed by atoms with Crippen LogP contribution < -0.4 is 0 Å². The van der Waals surface area contributed by atoms with Crippen LogP contribution in [-0.4, -0.2) is 26.4 Å². The highest BCUT2D eigenvalue weighted by atomic mass is 32.2. The van der Waals surface area contributed by atoms with Crippen LogP contribution in [0.25, 0.3) is 5.69 Å². The van der Waals surface area contributed by atoms with E-state index in [9.17, 15) is 9.18 Å². The standard InChI is InChI=1S/C13H13FN2O2S/c1-8-5-10(3-4-11(8)14)16-9(2)6-15-13(16)19-7-12(17)18/h3-6H,7H2,1-2H3,(H,17,18). The Morgan fingerprint density at radius 1 is 1.47 bits per heavy atom. The largest absolute Gasteiger partial charge is 0.481 e. The van der Waals surface area contributed by atoms with Gasteiger partial charge in [0.15, 0.2) is 5.16 Å². The van der Waals surface area contributed by atoms with Crippen molar-refractivity contribution in [3.05, 3.63) is 41.5 Å². The first kappa shape index (κ1) is 13.6. The Morgan fingerprint density at radius 3 is 2.84 bits per heavy atom. The highest BCUT2D eigenvalue weighted by Crippen LogP contribution is 2.24. The van der Waals surface area contributed by atoms with E-state index >= 15 is 0 Å². The van der Waals surface area contributed by atoms with E-state index < -0.39 is 5.97 Å². The third-order valence-corrected chi connectivity index (χ3v) is 3.57. The predicted octanol–water partition coefficient (Wildman–Crippen LogP) is 2.80. The first-order chi connectivity index (χ1) is 8.99. The van der Waals surface area contributed by atoms with Crippen molar-refractivity contribution in [1.82, 2.24) is 9.55 Å². The van der Waals surface area contributed by atoms with Crippen molar-refractivity contribution in [2.75, 3.05) is 5.75 Å². The van der Waals surface area contributed by atoms with Crippen LogP contribution in [-0.2, 0) is 4.79 Å². The molecule has 0 atom stereocenters. The molecule has 1 aromatic heterocycles. The number of nitrogens with zero attached hydrogens (tertiary/aromatic N) is 2. The Hall–Kier alpha value is -1.82. The number of aromatic nitrogens is 2. The van der Waals surface area contributed by atoms with Crippen molar-refractivity contribution < 1.29 is 14.3 Å². The molecule has 100 valence electrons. The van der Waals surface area contributed by atoms with Crippen LogP contribution in [0.5, 0.6) is 0 Å². The molecule has 0 unspecified atom stereocenters. The number of aryl methyl sites for hydroxylation is 2. The Kier molecular flexibility index (Phi) is 3.90. The fourth-order valence-electron chi connectivity index (χ4n) is 1.73. The maximum atomic E-state index is 13.3. The van der Waals surface area contributed by atoms with Crippen LogP contribution in [0.3, 0.4) is 0 Å². The lowest BCUT2D eigenvalue weighted by molar-refractivity contribution is -0.133. The van der Waals surface area contributed by atoms with Gasteiger partial charge in [-0.2, -0.15) is 0 Å². The van der Waals surface area contributed by atoms with Crippen LogP contribution in [0.2, 0.25) is 0 Å². The van der Waals surface area contributed by atoms with E-state index in [2.05, 4.69) is 4.98 Å². The van der Waals surface area contributed by atoms with Gasteiger partial charge in [-0.1, -0.05) is 11.8 Å². The van der Waals surface area contributed by atoms with Crippen LogP contribution in [0.4, 0.5) is 4.39 Å². The summed E-state index contributed by atoms with van der Waals surface area (Å²) in [6.07, 6.45) is 1.67. The summed E-state index contributed by atoms with van der Waals surface area (Å²) in [6.45, 7) is 3.56. The van der Waals surface area contributed by atoms with E-state index in [1.165, 1.54) is 6.07 Å². The van der Waals surface area contributed by atoms with Gasteiger partial charge in [0.25, 0.3) is 0 Å². The zero-order valence-electron chi connectivity index (χ0n) is 10.6. The van der Waals surface area contributed by atoms with Gasteiger partial charge in [-0.3, -0.25) is 9.36 Å². The zero-order valence-corrected chi connectivity index (χ0v) is 11.4. The molecule has 0 spiro atoms. The minimum Gasteiger partial charge on any atom is -0.481 e. The number of carboxylic acids is 1. The zero-order chi connectivity index (χ0) is 14.0. The second kappa shape index (κ2) is 5.44. The summed E-state index contributed by atoms with van der Waals surface area (Å²) >= 11 is 1.14. The second-order valence-electron chi connectivity index (χ2n) is 4.13. The molecule has 4 nitrogen and oxygen atoms in total. The maximum absolute atomic E-state index is 13.3. The highest BCUT2D eigenvalue weighted by molar-refractivity contribution is 7.99. The van der Waals surface area contributed by atoms with Crippen molar-refractivity contribution in [2.24, 2.45) is 0 Å². The maximum Gasteiger partial charge on any atom is 0.313 e. The fourth-order valence-corrected chi connectivity index (χ4v) is 2.48. The molecule has 0 aliphatic heterocycles. The van der Waals surface area contributed by atoms with Gasteiger partial charge < -0.3 is 5.11 Å². The SMILES string of the molecule is Cc1cc(-n2c(C)cnc2SCC(=O)O)ccc1F. The number of rotatable bonds is 4. The Labute approximate surface area is 114 Å².